The molecular weight excluding hydrogens is 689 g/mol. The zero-order valence-corrected chi connectivity index (χ0v) is 18.0. The summed E-state index contributed by atoms with van der Waals surface area (Å²) < 4.78 is 228. The second kappa shape index (κ2) is 9.15. The van der Waals surface area contributed by atoms with Crippen molar-refractivity contribution in [3.63, 3.8) is 0 Å². The van der Waals surface area contributed by atoms with Crippen molar-refractivity contribution in [1.29, 1.82) is 0 Å². The van der Waals surface area contributed by atoms with Gasteiger partial charge in [0.25, 0.3) is 0 Å². The molecule has 202 valence electrons. The first-order chi connectivity index (χ1) is 13.8. The van der Waals surface area contributed by atoms with Crippen molar-refractivity contribution in [2.45, 2.75) is 55.4 Å². The fraction of sp³-hybridized carbons (Fsp3) is 1.00. The average Bonchev–Trinajstić information content (AvgIpc) is 2.42. The van der Waals surface area contributed by atoms with E-state index in [2.05, 4.69) is 13.6 Å². The Balaban J connectivity index is 7.02. The Morgan fingerprint density at radius 3 is 0.576 bits per heavy atom. The van der Waals surface area contributed by atoms with Gasteiger partial charge in [-0.25, -0.2) is 0 Å². The van der Waals surface area contributed by atoms with Gasteiger partial charge in [-0.3, -0.25) is 0 Å². The second-order valence-electron chi connectivity index (χ2n) is 5.41. The van der Waals surface area contributed by atoms with E-state index in [1.807, 2.05) is 0 Å². The van der Waals surface area contributed by atoms with Crippen LogP contribution < -0.4 is 0 Å². The molecule has 0 aromatic rings. The van der Waals surface area contributed by atoms with E-state index in [1.165, 1.54) is 0 Å². The molecule has 0 aliphatic heterocycles. The summed E-state index contributed by atoms with van der Waals surface area (Å²) in [7, 11) is 0. The van der Waals surface area contributed by atoms with Crippen LogP contribution in [-0.4, -0.2) is 55.4 Å². The van der Waals surface area contributed by atoms with Crippen molar-refractivity contribution in [3.8, 4) is 0 Å². The van der Waals surface area contributed by atoms with Crippen LogP contribution in [0, 0.1) is 0 Å². The molecule has 0 atom stereocenters. The van der Waals surface area contributed by atoms with Gasteiger partial charge >= 0.3 is 184 Å². The van der Waals surface area contributed by atoms with E-state index in [-0.39, 0.29) is 0 Å². The van der Waals surface area contributed by atoms with E-state index >= 15 is 0 Å². The van der Waals surface area contributed by atoms with E-state index < -0.39 is 60.1 Å². The van der Waals surface area contributed by atoms with Crippen LogP contribution in [0.5, 0.6) is 0 Å². The first-order valence-corrected chi connectivity index (χ1v) is 12.8. The van der Waals surface area contributed by atoms with Crippen LogP contribution in [0.1, 0.15) is 0 Å². The van der Waals surface area contributed by atoms with Crippen LogP contribution in [0.25, 0.3) is 0 Å². The van der Waals surface area contributed by atoms with E-state index in [9.17, 15) is 79.0 Å². The normalized spacial score (nSPS) is 17.1. The molecule has 0 fully saturated rings. The van der Waals surface area contributed by atoms with Gasteiger partial charge in [0.1, 0.15) is 0 Å². The van der Waals surface area contributed by atoms with E-state index in [0.717, 1.165) is 31.0 Å². The minimum absolute atomic E-state index is 1.03. The number of alkyl halides is 18. The molecule has 0 spiro atoms. The van der Waals surface area contributed by atoms with Gasteiger partial charge in [0, 0.05) is 0 Å². The first kappa shape index (κ1) is 33.0. The molecule has 0 heterocycles. The topological polar surface area (TPSA) is 27.7 Å². The molecular formula is C9H3Br2F18O3P. The zero-order valence-electron chi connectivity index (χ0n) is 14.0. The molecule has 3 nitrogen and oxygen atoms in total. The van der Waals surface area contributed by atoms with Gasteiger partial charge in [-0.2, -0.15) is 0 Å². The molecule has 0 aliphatic carbocycles. The Morgan fingerprint density at radius 1 is 0.364 bits per heavy atom. The summed E-state index contributed by atoms with van der Waals surface area (Å²) >= 11 is 2.05. The molecule has 0 unspecified atom stereocenters. The fourth-order valence-electron chi connectivity index (χ4n) is 1.49. The van der Waals surface area contributed by atoms with Gasteiger partial charge in [-0.05, 0) is 0 Å². The quantitative estimate of drug-likeness (QED) is 0.207. The molecule has 0 rings (SSSR count). The third kappa shape index (κ3) is 9.88. The summed E-state index contributed by atoms with van der Waals surface area (Å²) in [6, 6.07) is 0. The maximum atomic E-state index is 12.7. The van der Waals surface area contributed by atoms with Crippen LogP contribution in [0.15, 0.2) is 0 Å². The second-order valence-corrected chi connectivity index (χ2v) is 17.6. The van der Waals surface area contributed by atoms with Crippen molar-refractivity contribution in [2.24, 2.45) is 0 Å². The van der Waals surface area contributed by atoms with Crippen molar-refractivity contribution in [1.82, 2.24) is 0 Å². The molecule has 0 aliphatic rings. The first-order valence-electron chi connectivity index (χ1n) is 6.73. The van der Waals surface area contributed by atoms with Crippen molar-refractivity contribution in [2.75, 3.05) is 0 Å². The molecule has 0 amide bonds. The molecule has 0 saturated heterocycles. The van der Waals surface area contributed by atoms with Gasteiger partial charge in [-0.15, -0.1) is 0 Å². The van der Waals surface area contributed by atoms with Crippen molar-refractivity contribution in [3.05, 3.63) is 0 Å². The van der Waals surface area contributed by atoms with Gasteiger partial charge < -0.3 is 0 Å². The molecule has 0 bridgehead atoms. The van der Waals surface area contributed by atoms with E-state index in [0.29, 0.717) is 0 Å². The van der Waals surface area contributed by atoms with Crippen LogP contribution in [0.4, 0.5) is 79.0 Å². The van der Waals surface area contributed by atoms with Gasteiger partial charge in [0.15, 0.2) is 0 Å². The SMILES string of the molecule is FC(F)(F)C(OP(Br)(Br)(OC(C(F)(F)F)C(F)(F)F)OC(C(F)(F)F)C(F)(F)F)C(F)(F)F. The Kier molecular flexibility index (Phi) is 9.15. The molecule has 24 heteroatoms. The van der Waals surface area contributed by atoms with Gasteiger partial charge in [0.05, 0.1) is 0 Å². The maximum absolute atomic E-state index is 12.7. The molecule has 0 aromatic heterocycles. The zero-order chi connectivity index (χ0) is 27.3. The Labute approximate surface area is 184 Å². The Bertz CT molecular complexity index is 540. The molecule has 0 radical (unpaired) electrons. The van der Waals surface area contributed by atoms with Gasteiger partial charge in [-0.1, -0.05) is 0 Å². The van der Waals surface area contributed by atoms with Crippen LogP contribution >= 0.6 is 35.7 Å². The van der Waals surface area contributed by atoms with Crippen LogP contribution in [0.2, 0.25) is 0 Å². The summed E-state index contributed by atoms with van der Waals surface area (Å²) in [5, 5.41) is 0. The van der Waals surface area contributed by atoms with Gasteiger partial charge in [0.2, 0.25) is 0 Å². The Morgan fingerprint density at radius 2 is 0.485 bits per heavy atom. The summed E-state index contributed by atoms with van der Waals surface area (Å²) in [5.41, 5.74) is 0. The van der Waals surface area contributed by atoms with Crippen molar-refractivity contribution >= 4 is 35.7 Å². The minimum atomic E-state index is -8.30. The summed E-state index contributed by atoms with van der Waals surface area (Å²) in [5.74, 6) is 0. The predicted octanol–water partition coefficient (Wildman–Crippen LogP) is 8.43. The number of rotatable bonds is 6. The van der Waals surface area contributed by atoms with Crippen molar-refractivity contribution < 1.29 is 92.6 Å². The Hall–Kier alpha value is 0.01000. The van der Waals surface area contributed by atoms with Crippen LogP contribution in [-0.2, 0) is 13.6 Å². The fourth-order valence-corrected chi connectivity index (χ4v) is 6.36. The standard InChI is InChI=1S/C9H3Br2F18O3P/c10-33(11,30-1(4(12,13)14)5(15,16)17,31-2(6(18,19)20)7(21,22)23)32-3(8(24,25)26)9(27,28)29/h1-3H. The third-order valence-electron chi connectivity index (χ3n) is 2.60. The van der Waals surface area contributed by atoms with E-state index in [1.54, 1.807) is 0 Å². The average molecular weight is 692 g/mol. The number of hydrogen-bond acceptors (Lipinski definition) is 3. The summed E-state index contributed by atoms with van der Waals surface area (Å²) in [6.45, 7) is 0. The summed E-state index contributed by atoms with van der Waals surface area (Å²) in [4.78, 5) is 0. The molecule has 0 N–H and O–H groups in total. The number of halogens is 20. The predicted molar refractivity (Wildman–Crippen MR) is 75.7 cm³/mol. The van der Waals surface area contributed by atoms with Crippen LogP contribution in [0.3, 0.4) is 0 Å². The molecule has 0 saturated carbocycles. The molecule has 0 aromatic carbocycles. The third-order valence-corrected chi connectivity index (χ3v) is 7.23. The molecule has 33 heavy (non-hydrogen) atoms. The monoisotopic (exact) mass is 690 g/mol. The van der Waals surface area contributed by atoms with E-state index in [4.69, 9.17) is 0 Å². The summed E-state index contributed by atoms with van der Waals surface area (Å²) in [6.07, 6.45) is -58.1. The number of hydrogen-bond donors (Lipinski definition) is 0.